The predicted octanol–water partition coefficient (Wildman–Crippen LogP) is -0.127. The molecule has 0 aliphatic carbocycles. The van der Waals surface area contributed by atoms with Crippen LogP contribution in [0.15, 0.2) is 0 Å². The average Bonchev–Trinajstić information content (AvgIpc) is 2.14. The molecule has 1 rings (SSSR count). The molecule has 4 nitrogen and oxygen atoms in total. The summed E-state index contributed by atoms with van der Waals surface area (Å²) in [6.45, 7) is 5.47. The Morgan fingerprint density at radius 2 is 2.36 bits per heavy atom. The van der Waals surface area contributed by atoms with Gasteiger partial charge < -0.3 is 15.7 Å². The summed E-state index contributed by atoms with van der Waals surface area (Å²) in [6, 6.07) is 0. The van der Waals surface area contributed by atoms with Crippen LogP contribution in [0.3, 0.4) is 0 Å². The zero-order valence-corrected chi connectivity index (χ0v) is 8.97. The number of aliphatic hydroxyl groups is 1. The maximum absolute atomic E-state index is 11.6. The number of carbonyl (C=O) groups is 1. The maximum atomic E-state index is 11.6. The first kappa shape index (κ1) is 11.5. The van der Waals surface area contributed by atoms with Crippen LogP contribution < -0.4 is 10.6 Å². The minimum absolute atomic E-state index is 0.0549. The summed E-state index contributed by atoms with van der Waals surface area (Å²) in [5.74, 6) is 0.130. The fraction of sp³-hybridized carbons (Fsp3) is 0.900. The number of hydrogen-bond acceptors (Lipinski definition) is 3. The highest BCUT2D eigenvalue weighted by molar-refractivity contribution is 5.79. The molecule has 1 saturated heterocycles. The summed E-state index contributed by atoms with van der Waals surface area (Å²) in [6.07, 6.45) is 2.01. The molecule has 14 heavy (non-hydrogen) atoms. The topological polar surface area (TPSA) is 61.4 Å². The Labute approximate surface area is 85.1 Å². The number of piperidine rings is 1. The molecule has 1 fully saturated rings. The lowest BCUT2D eigenvalue weighted by Crippen LogP contribution is -2.45. The zero-order chi connectivity index (χ0) is 10.6. The number of rotatable bonds is 3. The standard InChI is InChI=1S/C10H20N2O2/c1-10(2,14)7-12-9(13)8-4-3-5-11-6-8/h8,11,14H,3-7H2,1-2H3,(H,12,13)/t8-/m1/s1. The summed E-state index contributed by atoms with van der Waals surface area (Å²) in [7, 11) is 0. The summed E-state index contributed by atoms with van der Waals surface area (Å²) in [5, 5.41) is 15.4. The smallest absolute Gasteiger partial charge is 0.224 e. The summed E-state index contributed by atoms with van der Waals surface area (Å²) < 4.78 is 0. The molecule has 1 aliphatic heterocycles. The van der Waals surface area contributed by atoms with Crippen molar-refractivity contribution in [2.24, 2.45) is 5.92 Å². The molecule has 0 aromatic carbocycles. The lowest BCUT2D eigenvalue weighted by Gasteiger charge is -2.24. The maximum Gasteiger partial charge on any atom is 0.224 e. The first-order valence-electron chi connectivity index (χ1n) is 5.20. The molecule has 0 aromatic rings. The van der Waals surface area contributed by atoms with Crippen molar-refractivity contribution in [2.75, 3.05) is 19.6 Å². The minimum atomic E-state index is -0.822. The van der Waals surface area contributed by atoms with Gasteiger partial charge in [-0.2, -0.15) is 0 Å². The van der Waals surface area contributed by atoms with E-state index in [0.717, 1.165) is 25.9 Å². The van der Waals surface area contributed by atoms with Gasteiger partial charge in [0.25, 0.3) is 0 Å². The molecule has 3 N–H and O–H groups in total. The van der Waals surface area contributed by atoms with Gasteiger partial charge in [0.15, 0.2) is 0 Å². The van der Waals surface area contributed by atoms with Crippen LogP contribution in [0.5, 0.6) is 0 Å². The summed E-state index contributed by atoms with van der Waals surface area (Å²) >= 11 is 0. The Bertz CT molecular complexity index is 193. The third-order valence-corrected chi connectivity index (χ3v) is 2.36. The Morgan fingerprint density at radius 3 is 2.86 bits per heavy atom. The van der Waals surface area contributed by atoms with Gasteiger partial charge in [-0.1, -0.05) is 0 Å². The van der Waals surface area contributed by atoms with E-state index in [4.69, 9.17) is 0 Å². The fourth-order valence-corrected chi connectivity index (χ4v) is 1.52. The summed E-state index contributed by atoms with van der Waals surface area (Å²) in [5.41, 5.74) is -0.822. The second kappa shape index (κ2) is 4.75. The van der Waals surface area contributed by atoms with Crippen LogP contribution in [0.1, 0.15) is 26.7 Å². The lowest BCUT2D eigenvalue weighted by molar-refractivity contribution is -0.126. The van der Waals surface area contributed by atoms with E-state index < -0.39 is 5.60 Å². The van der Waals surface area contributed by atoms with Gasteiger partial charge >= 0.3 is 0 Å². The van der Waals surface area contributed by atoms with E-state index in [2.05, 4.69) is 10.6 Å². The minimum Gasteiger partial charge on any atom is -0.389 e. The molecule has 1 heterocycles. The van der Waals surface area contributed by atoms with Gasteiger partial charge in [-0.25, -0.2) is 0 Å². The molecular formula is C10H20N2O2. The molecule has 0 aromatic heterocycles. The molecule has 4 heteroatoms. The molecule has 1 aliphatic rings. The van der Waals surface area contributed by atoms with Gasteiger partial charge in [0, 0.05) is 13.1 Å². The van der Waals surface area contributed by atoms with Crippen molar-refractivity contribution >= 4 is 5.91 Å². The molecule has 0 saturated carbocycles. The highest BCUT2D eigenvalue weighted by atomic mass is 16.3. The second-order valence-electron chi connectivity index (χ2n) is 4.57. The third-order valence-electron chi connectivity index (χ3n) is 2.36. The Kier molecular flexibility index (Phi) is 3.89. The van der Waals surface area contributed by atoms with Crippen LogP contribution in [0.25, 0.3) is 0 Å². The van der Waals surface area contributed by atoms with Crippen LogP contribution in [0, 0.1) is 5.92 Å². The van der Waals surface area contributed by atoms with Crippen LogP contribution >= 0.6 is 0 Å². The highest BCUT2D eigenvalue weighted by Crippen LogP contribution is 2.10. The molecule has 0 unspecified atom stereocenters. The van der Waals surface area contributed by atoms with Crippen molar-refractivity contribution in [2.45, 2.75) is 32.3 Å². The average molecular weight is 200 g/mol. The molecule has 1 amide bonds. The monoisotopic (exact) mass is 200 g/mol. The number of hydrogen-bond donors (Lipinski definition) is 3. The van der Waals surface area contributed by atoms with E-state index in [1.165, 1.54) is 0 Å². The first-order chi connectivity index (χ1) is 6.49. The molecule has 0 bridgehead atoms. The third kappa shape index (κ3) is 4.07. The SMILES string of the molecule is CC(C)(O)CNC(=O)[C@@H]1CCCNC1. The van der Waals surface area contributed by atoms with Gasteiger partial charge in [0.05, 0.1) is 11.5 Å². The van der Waals surface area contributed by atoms with Crippen LogP contribution in [0.4, 0.5) is 0 Å². The van der Waals surface area contributed by atoms with Crippen LogP contribution in [0.2, 0.25) is 0 Å². The largest absolute Gasteiger partial charge is 0.389 e. The van der Waals surface area contributed by atoms with E-state index in [1.54, 1.807) is 13.8 Å². The molecular weight excluding hydrogens is 180 g/mol. The quantitative estimate of drug-likeness (QED) is 0.595. The van der Waals surface area contributed by atoms with Crippen molar-refractivity contribution in [3.8, 4) is 0 Å². The Hall–Kier alpha value is -0.610. The van der Waals surface area contributed by atoms with Gasteiger partial charge in [-0.15, -0.1) is 0 Å². The van der Waals surface area contributed by atoms with Crippen LogP contribution in [-0.4, -0.2) is 36.2 Å². The van der Waals surface area contributed by atoms with Gasteiger partial charge in [0.2, 0.25) is 5.91 Å². The van der Waals surface area contributed by atoms with Crippen molar-refractivity contribution in [3.05, 3.63) is 0 Å². The zero-order valence-electron chi connectivity index (χ0n) is 8.97. The van der Waals surface area contributed by atoms with Crippen molar-refractivity contribution in [3.63, 3.8) is 0 Å². The van der Waals surface area contributed by atoms with Gasteiger partial charge in [-0.05, 0) is 33.2 Å². The predicted molar refractivity (Wildman–Crippen MR) is 54.9 cm³/mol. The van der Waals surface area contributed by atoms with E-state index in [0.29, 0.717) is 6.54 Å². The van der Waals surface area contributed by atoms with E-state index in [9.17, 15) is 9.90 Å². The van der Waals surface area contributed by atoms with Crippen LogP contribution in [-0.2, 0) is 4.79 Å². The fourth-order valence-electron chi connectivity index (χ4n) is 1.52. The second-order valence-corrected chi connectivity index (χ2v) is 4.57. The first-order valence-corrected chi connectivity index (χ1v) is 5.20. The molecule has 1 atom stereocenters. The Balaban J connectivity index is 2.27. The van der Waals surface area contributed by atoms with Gasteiger partial charge in [-0.3, -0.25) is 4.79 Å². The van der Waals surface area contributed by atoms with Gasteiger partial charge in [0.1, 0.15) is 0 Å². The number of amides is 1. The van der Waals surface area contributed by atoms with Crippen molar-refractivity contribution in [1.82, 2.24) is 10.6 Å². The van der Waals surface area contributed by atoms with Crippen molar-refractivity contribution in [1.29, 1.82) is 0 Å². The van der Waals surface area contributed by atoms with E-state index >= 15 is 0 Å². The highest BCUT2D eigenvalue weighted by Gasteiger charge is 2.22. The van der Waals surface area contributed by atoms with E-state index in [1.807, 2.05) is 0 Å². The lowest BCUT2D eigenvalue weighted by atomic mass is 9.98. The molecule has 82 valence electrons. The number of nitrogens with one attached hydrogen (secondary N) is 2. The number of carbonyl (C=O) groups excluding carboxylic acids is 1. The van der Waals surface area contributed by atoms with Crippen molar-refractivity contribution < 1.29 is 9.90 Å². The summed E-state index contributed by atoms with van der Waals surface area (Å²) in [4.78, 5) is 11.6. The molecule has 0 radical (unpaired) electrons. The Morgan fingerprint density at radius 1 is 1.64 bits per heavy atom. The normalized spacial score (nSPS) is 23.2. The molecule has 0 spiro atoms. The van der Waals surface area contributed by atoms with E-state index in [-0.39, 0.29) is 11.8 Å².